The maximum absolute atomic E-state index is 13.1. The summed E-state index contributed by atoms with van der Waals surface area (Å²) < 4.78 is 28.4. The summed E-state index contributed by atoms with van der Waals surface area (Å²) in [6, 6.07) is 0. The number of rotatable bonds is 50. The van der Waals surface area contributed by atoms with E-state index in [0.717, 1.165) is 135 Å². The molecule has 12 heteroatoms. The largest absolute Gasteiger partial charge is 0.479 e. The van der Waals surface area contributed by atoms with E-state index in [9.17, 15) is 34.5 Å². The van der Waals surface area contributed by atoms with Crippen molar-refractivity contribution in [2.75, 3.05) is 13.2 Å². The van der Waals surface area contributed by atoms with Gasteiger partial charge in [0.25, 0.3) is 0 Å². The van der Waals surface area contributed by atoms with E-state index < -0.39 is 67.3 Å². The van der Waals surface area contributed by atoms with Gasteiger partial charge in [-0.25, -0.2) is 4.79 Å². The minimum absolute atomic E-state index is 0.0586. The molecule has 430 valence electrons. The van der Waals surface area contributed by atoms with Gasteiger partial charge in [-0.05, 0) is 83.5 Å². The van der Waals surface area contributed by atoms with Crippen LogP contribution in [0.4, 0.5) is 0 Å². The van der Waals surface area contributed by atoms with Crippen molar-refractivity contribution < 1.29 is 58.2 Å². The average molecular weight is 1060 g/mol. The number of unbranched alkanes of at least 4 members (excludes halogenated alkanes) is 24. The number of carbonyl (C=O) groups excluding carboxylic acids is 3. The van der Waals surface area contributed by atoms with Crippen LogP contribution < -0.4 is 0 Å². The van der Waals surface area contributed by atoms with Crippen LogP contribution in [0, 0.1) is 0 Å². The van der Waals surface area contributed by atoms with Gasteiger partial charge in [0.2, 0.25) is 0 Å². The monoisotopic (exact) mass is 1050 g/mol. The summed E-state index contributed by atoms with van der Waals surface area (Å²) >= 11 is 0. The number of aliphatic hydroxyl groups excluding tert-OH is 2. The number of hydrogen-bond donors (Lipinski definition) is 3. The van der Waals surface area contributed by atoms with Gasteiger partial charge < -0.3 is 39.0 Å². The molecule has 1 rings (SSSR count). The first-order valence-electron chi connectivity index (χ1n) is 29.9. The number of aliphatic carboxylic acids is 1. The first kappa shape index (κ1) is 69.2. The van der Waals surface area contributed by atoms with E-state index in [0.29, 0.717) is 19.3 Å². The summed E-state index contributed by atoms with van der Waals surface area (Å²) in [6.07, 6.45) is 51.5. The first-order chi connectivity index (χ1) is 36.6. The highest BCUT2D eigenvalue weighted by atomic mass is 16.7. The lowest BCUT2D eigenvalue weighted by Gasteiger charge is -2.40. The van der Waals surface area contributed by atoms with Crippen LogP contribution in [0.1, 0.15) is 252 Å². The highest BCUT2D eigenvalue weighted by Crippen LogP contribution is 2.26. The predicted octanol–water partition coefficient (Wildman–Crippen LogP) is 15.3. The molecule has 1 saturated heterocycles. The molecular formula is C63H106O12. The number of hydrogen-bond acceptors (Lipinski definition) is 11. The first-order valence-corrected chi connectivity index (χ1v) is 29.9. The van der Waals surface area contributed by atoms with Crippen LogP contribution in [-0.2, 0) is 42.9 Å². The van der Waals surface area contributed by atoms with Crippen LogP contribution in [0.2, 0.25) is 0 Å². The molecule has 1 aliphatic rings. The van der Waals surface area contributed by atoms with E-state index in [2.05, 4.69) is 93.7 Å². The third-order valence-electron chi connectivity index (χ3n) is 13.3. The Balaban J connectivity index is 2.70. The van der Waals surface area contributed by atoms with Crippen LogP contribution in [0.3, 0.4) is 0 Å². The van der Waals surface area contributed by atoms with E-state index >= 15 is 0 Å². The van der Waals surface area contributed by atoms with Gasteiger partial charge in [-0.1, -0.05) is 222 Å². The van der Waals surface area contributed by atoms with E-state index in [1.54, 1.807) is 0 Å². The van der Waals surface area contributed by atoms with Crippen molar-refractivity contribution in [2.45, 2.75) is 289 Å². The molecular weight excluding hydrogens is 949 g/mol. The third kappa shape index (κ3) is 41.0. The molecule has 0 spiro atoms. The standard InChI is InChI=1S/C63H106O12/c1-4-7-10-13-16-19-22-25-27-28-30-32-34-37-40-43-46-49-55(64)71-52-54(73-56(65)50-47-44-41-38-36-33-29-26-23-20-17-14-11-8-5-2)53-72-63-61(59(68)58(67)60(75-63)62(69)70)74-57(66)51-48-45-42-39-35-31-24-21-18-15-12-9-6-3/h7-8,10-11,16-17,19-20,25-27,29,54,58-61,63,67-68H,4-6,9,12-15,18,21-24,28,30-53H2,1-3H3,(H,69,70)/b10-7-,11-8-,19-16-,20-17-,27-25-,29-26-. The smallest absolute Gasteiger partial charge is 0.335 e. The Morgan fingerprint density at radius 1 is 0.453 bits per heavy atom. The molecule has 1 heterocycles. The molecule has 0 aliphatic carbocycles. The molecule has 3 N–H and O–H groups in total. The summed E-state index contributed by atoms with van der Waals surface area (Å²) in [4.78, 5) is 51.1. The van der Waals surface area contributed by atoms with Crippen molar-refractivity contribution in [3.8, 4) is 0 Å². The molecule has 0 bridgehead atoms. The fourth-order valence-electron chi connectivity index (χ4n) is 8.75. The quantitative estimate of drug-likeness (QED) is 0.0228. The highest BCUT2D eigenvalue weighted by Gasteiger charge is 2.50. The van der Waals surface area contributed by atoms with Crippen LogP contribution >= 0.6 is 0 Å². The molecule has 0 amide bonds. The SMILES string of the molecule is CC/C=C\C/C=C\C/C=C\CCCCCCCCCC(=O)OCC(COC1OC(C(=O)O)C(O)C(O)C1OC(=O)CCCCCCCCCCCCCCC)OC(=O)CCCCCCC/C=C\C/C=C\C/C=C\CC. The zero-order valence-corrected chi connectivity index (χ0v) is 47.3. The molecule has 1 aliphatic heterocycles. The van der Waals surface area contributed by atoms with E-state index in [1.807, 2.05) is 0 Å². The van der Waals surface area contributed by atoms with Gasteiger partial charge in [0.15, 0.2) is 24.6 Å². The van der Waals surface area contributed by atoms with E-state index in [1.165, 1.54) is 57.8 Å². The highest BCUT2D eigenvalue weighted by molar-refractivity contribution is 5.74. The molecule has 0 saturated carbocycles. The number of aliphatic hydroxyl groups is 2. The van der Waals surface area contributed by atoms with Crippen molar-refractivity contribution in [3.63, 3.8) is 0 Å². The minimum Gasteiger partial charge on any atom is -0.479 e. The molecule has 75 heavy (non-hydrogen) atoms. The van der Waals surface area contributed by atoms with Crippen molar-refractivity contribution in [3.05, 3.63) is 72.9 Å². The Bertz CT molecular complexity index is 1580. The van der Waals surface area contributed by atoms with Gasteiger partial charge in [-0.2, -0.15) is 0 Å². The number of carboxylic acids is 1. The lowest BCUT2D eigenvalue weighted by atomic mass is 9.98. The van der Waals surface area contributed by atoms with Crippen LogP contribution in [0.5, 0.6) is 0 Å². The fraction of sp³-hybridized carbons (Fsp3) is 0.746. The van der Waals surface area contributed by atoms with Crippen molar-refractivity contribution in [1.82, 2.24) is 0 Å². The number of carbonyl (C=O) groups is 4. The molecule has 0 aromatic heterocycles. The normalized spacial score (nSPS) is 18.7. The lowest BCUT2D eigenvalue weighted by molar-refractivity contribution is -0.301. The Kier molecular flexibility index (Phi) is 47.0. The topological polar surface area (TPSA) is 175 Å². The second-order valence-electron chi connectivity index (χ2n) is 20.2. The zero-order valence-electron chi connectivity index (χ0n) is 47.3. The van der Waals surface area contributed by atoms with Crippen LogP contribution in [0.25, 0.3) is 0 Å². The number of esters is 3. The third-order valence-corrected chi connectivity index (χ3v) is 13.3. The van der Waals surface area contributed by atoms with Gasteiger partial charge in [0, 0.05) is 19.3 Å². The summed E-state index contributed by atoms with van der Waals surface area (Å²) in [5.74, 6) is -3.15. The second kappa shape index (κ2) is 50.9. The summed E-state index contributed by atoms with van der Waals surface area (Å²) in [5.41, 5.74) is 0. The maximum Gasteiger partial charge on any atom is 0.335 e. The molecule has 6 unspecified atom stereocenters. The summed E-state index contributed by atoms with van der Waals surface area (Å²) in [7, 11) is 0. The van der Waals surface area contributed by atoms with Gasteiger partial charge in [-0.15, -0.1) is 0 Å². The zero-order chi connectivity index (χ0) is 54.7. The molecule has 0 radical (unpaired) electrons. The molecule has 12 nitrogen and oxygen atoms in total. The van der Waals surface area contributed by atoms with Gasteiger partial charge in [-0.3, -0.25) is 14.4 Å². The number of ether oxygens (including phenoxy) is 5. The minimum atomic E-state index is -1.91. The van der Waals surface area contributed by atoms with Crippen LogP contribution in [-0.4, -0.2) is 89.2 Å². The molecule has 6 atom stereocenters. The predicted molar refractivity (Wildman–Crippen MR) is 303 cm³/mol. The maximum atomic E-state index is 13.1. The Hall–Kier alpha value is -3.84. The van der Waals surface area contributed by atoms with Crippen LogP contribution in [0.15, 0.2) is 72.9 Å². The van der Waals surface area contributed by atoms with Crippen molar-refractivity contribution in [2.24, 2.45) is 0 Å². The molecule has 1 fully saturated rings. The molecule has 0 aromatic carbocycles. The van der Waals surface area contributed by atoms with Crippen molar-refractivity contribution >= 4 is 23.9 Å². The molecule has 0 aromatic rings. The summed E-state index contributed by atoms with van der Waals surface area (Å²) in [6.45, 7) is 5.75. The van der Waals surface area contributed by atoms with Gasteiger partial charge >= 0.3 is 23.9 Å². The van der Waals surface area contributed by atoms with E-state index in [4.69, 9.17) is 23.7 Å². The second-order valence-corrected chi connectivity index (χ2v) is 20.2. The Labute approximate surface area is 455 Å². The lowest BCUT2D eigenvalue weighted by Crippen LogP contribution is -2.61. The Morgan fingerprint density at radius 2 is 0.840 bits per heavy atom. The Morgan fingerprint density at radius 3 is 1.28 bits per heavy atom. The summed E-state index contributed by atoms with van der Waals surface area (Å²) in [5, 5.41) is 31.5. The van der Waals surface area contributed by atoms with Gasteiger partial charge in [0.05, 0.1) is 6.61 Å². The van der Waals surface area contributed by atoms with E-state index in [-0.39, 0.29) is 25.9 Å². The van der Waals surface area contributed by atoms with Crippen molar-refractivity contribution in [1.29, 1.82) is 0 Å². The fourth-order valence-corrected chi connectivity index (χ4v) is 8.75. The van der Waals surface area contributed by atoms with Gasteiger partial charge in [0.1, 0.15) is 18.8 Å². The number of allylic oxidation sites excluding steroid dienone is 12. The average Bonchev–Trinajstić information content (AvgIpc) is 3.39. The number of carboxylic acid groups (broad SMARTS) is 1.